The lowest BCUT2D eigenvalue weighted by atomic mass is 10.0. The van der Waals surface area contributed by atoms with Gasteiger partial charge >= 0.3 is 0 Å². The molecular weight excluding hydrogens is 394 g/mol. The van der Waals surface area contributed by atoms with Crippen LogP contribution >= 0.6 is 0 Å². The summed E-state index contributed by atoms with van der Waals surface area (Å²) in [7, 11) is 1.60. The summed E-state index contributed by atoms with van der Waals surface area (Å²) < 4.78 is 11.0. The van der Waals surface area contributed by atoms with Crippen LogP contribution in [0.2, 0.25) is 0 Å². The fraction of sp³-hybridized carbons (Fsp3) is 0.375. The Balaban J connectivity index is 1.50. The first-order valence-corrected chi connectivity index (χ1v) is 10.6. The molecule has 164 valence electrons. The fourth-order valence-electron chi connectivity index (χ4n) is 3.40. The van der Waals surface area contributed by atoms with Crippen LogP contribution < -0.4 is 14.8 Å². The Morgan fingerprint density at radius 3 is 2.71 bits per heavy atom. The van der Waals surface area contributed by atoms with E-state index < -0.39 is 0 Å². The highest BCUT2D eigenvalue weighted by Gasteiger charge is 2.23. The van der Waals surface area contributed by atoms with Gasteiger partial charge in [0.25, 0.3) is 5.91 Å². The zero-order valence-electron chi connectivity index (χ0n) is 18.0. The summed E-state index contributed by atoms with van der Waals surface area (Å²) in [5, 5.41) is 3.02. The van der Waals surface area contributed by atoms with Crippen LogP contribution in [0.5, 0.6) is 11.5 Å². The molecule has 1 aromatic carbocycles. The first-order chi connectivity index (χ1) is 15.1. The number of aromatic nitrogens is 1. The lowest BCUT2D eigenvalue weighted by Gasteiger charge is -2.31. The van der Waals surface area contributed by atoms with Crippen LogP contribution in [0.3, 0.4) is 0 Å². The zero-order valence-corrected chi connectivity index (χ0v) is 18.0. The number of likely N-dealkylation sites (tertiary alicyclic amines) is 1. The number of methoxy groups -OCH3 is 1. The third-order valence-electron chi connectivity index (χ3n) is 5.13. The predicted octanol–water partition coefficient (Wildman–Crippen LogP) is 3.31. The molecule has 0 saturated carbocycles. The fourth-order valence-corrected chi connectivity index (χ4v) is 3.40. The van der Waals surface area contributed by atoms with Crippen molar-refractivity contribution in [1.29, 1.82) is 0 Å². The van der Waals surface area contributed by atoms with Gasteiger partial charge in [-0.2, -0.15) is 0 Å². The Labute approximate surface area is 183 Å². The van der Waals surface area contributed by atoms with Crippen molar-refractivity contribution in [2.45, 2.75) is 32.2 Å². The lowest BCUT2D eigenvalue weighted by molar-refractivity contribution is -0.126. The van der Waals surface area contributed by atoms with Gasteiger partial charge in [0.05, 0.1) is 19.3 Å². The quantitative estimate of drug-likeness (QED) is 0.659. The number of benzene rings is 1. The van der Waals surface area contributed by atoms with Crippen LogP contribution in [0.4, 0.5) is 0 Å². The summed E-state index contributed by atoms with van der Waals surface area (Å²) in [4.78, 5) is 30.6. The predicted molar refractivity (Wildman–Crippen MR) is 119 cm³/mol. The smallest absolute Gasteiger partial charge is 0.253 e. The van der Waals surface area contributed by atoms with Gasteiger partial charge in [-0.3, -0.25) is 14.6 Å². The molecule has 2 amide bonds. The SMILES string of the molecule is CCCOc1ccc(/C=C/C(=O)N2CCC(NC(=O)c3cccnc3)CC2)cc1OC. The summed E-state index contributed by atoms with van der Waals surface area (Å²) in [5.41, 5.74) is 1.41. The number of pyridine rings is 1. The summed E-state index contributed by atoms with van der Waals surface area (Å²) in [5.74, 6) is 1.18. The first-order valence-electron chi connectivity index (χ1n) is 10.6. The van der Waals surface area contributed by atoms with Gasteiger partial charge in [-0.15, -0.1) is 0 Å². The molecule has 1 aromatic heterocycles. The van der Waals surface area contributed by atoms with Gasteiger partial charge in [0.2, 0.25) is 5.91 Å². The van der Waals surface area contributed by atoms with E-state index >= 15 is 0 Å². The number of nitrogens with one attached hydrogen (secondary N) is 1. The molecule has 0 radical (unpaired) electrons. The summed E-state index contributed by atoms with van der Waals surface area (Å²) in [6.45, 7) is 3.89. The Morgan fingerprint density at radius 1 is 1.23 bits per heavy atom. The van der Waals surface area contributed by atoms with Crippen molar-refractivity contribution >= 4 is 17.9 Å². The second kappa shape index (κ2) is 11.2. The van der Waals surface area contributed by atoms with E-state index in [0.29, 0.717) is 36.8 Å². The third kappa shape index (κ3) is 6.31. The molecule has 0 unspecified atom stereocenters. The molecule has 31 heavy (non-hydrogen) atoms. The highest BCUT2D eigenvalue weighted by Crippen LogP contribution is 2.28. The van der Waals surface area contributed by atoms with Crippen LogP contribution in [0.1, 0.15) is 42.1 Å². The topological polar surface area (TPSA) is 80.8 Å². The molecule has 1 fully saturated rings. The average Bonchev–Trinajstić information content (AvgIpc) is 2.82. The van der Waals surface area contributed by atoms with Crippen molar-refractivity contribution in [2.75, 3.05) is 26.8 Å². The Hall–Kier alpha value is -3.35. The number of amides is 2. The monoisotopic (exact) mass is 423 g/mol. The molecule has 1 N–H and O–H groups in total. The summed E-state index contributed by atoms with van der Waals surface area (Å²) >= 11 is 0. The molecule has 2 heterocycles. The summed E-state index contributed by atoms with van der Waals surface area (Å²) in [6.07, 6.45) is 8.92. The molecule has 0 atom stereocenters. The van der Waals surface area contributed by atoms with Gasteiger partial charge in [-0.05, 0) is 55.2 Å². The van der Waals surface area contributed by atoms with Crippen LogP contribution in [-0.4, -0.2) is 54.5 Å². The van der Waals surface area contributed by atoms with Gasteiger partial charge in [0.15, 0.2) is 11.5 Å². The molecule has 7 heteroatoms. The van der Waals surface area contributed by atoms with Gasteiger partial charge in [-0.1, -0.05) is 13.0 Å². The molecule has 1 aliphatic heterocycles. The molecule has 1 aliphatic rings. The number of nitrogens with zero attached hydrogens (tertiary/aromatic N) is 2. The van der Waals surface area contributed by atoms with Crippen molar-refractivity contribution in [2.24, 2.45) is 0 Å². The number of carbonyl (C=O) groups excluding carboxylic acids is 2. The molecule has 0 aliphatic carbocycles. The van der Waals surface area contributed by atoms with Gasteiger partial charge in [-0.25, -0.2) is 0 Å². The van der Waals surface area contributed by atoms with Gasteiger partial charge < -0.3 is 19.7 Å². The molecule has 1 saturated heterocycles. The highest BCUT2D eigenvalue weighted by molar-refractivity contribution is 5.94. The molecule has 2 aromatic rings. The van der Waals surface area contributed by atoms with Crippen molar-refractivity contribution in [1.82, 2.24) is 15.2 Å². The van der Waals surface area contributed by atoms with Crippen LogP contribution in [0.15, 0.2) is 48.8 Å². The highest BCUT2D eigenvalue weighted by atomic mass is 16.5. The van der Waals surface area contributed by atoms with Crippen LogP contribution in [-0.2, 0) is 4.79 Å². The van der Waals surface area contributed by atoms with Crippen molar-refractivity contribution in [3.05, 3.63) is 59.9 Å². The molecule has 3 rings (SSSR count). The number of carbonyl (C=O) groups is 2. The van der Waals surface area contributed by atoms with E-state index in [1.165, 1.54) is 0 Å². The Kier molecular flexibility index (Phi) is 8.04. The molecule has 0 bridgehead atoms. The van der Waals surface area contributed by atoms with E-state index in [9.17, 15) is 9.59 Å². The van der Waals surface area contributed by atoms with Crippen LogP contribution in [0.25, 0.3) is 6.08 Å². The number of ether oxygens (including phenoxy) is 2. The average molecular weight is 424 g/mol. The molecule has 0 spiro atoms. The van der Waals surface area contributed by atoms with E-state index in [-0.39, 0.29) is 17.9 Å². The minimum atomic E-state index is -0.127. The lowest BCUT2D eigenvalue weighted by Crippen LogP contribution is -2.46. The number of piperidine rings is 1. The second-order valence-electron chi connectivity index (χ2n) is 7.41. The standard InChI is InChI=1S/C24H29N3O4/c1-3-15-31-21-8-6-18(16-22(21)30-2)7-9-23(28)27-13-10-20(11-14-27)26-24(29)19-5-4-12-25-17-19/h4-9,12,16-17,20H,3,10-11,13-15H2,1-2H3,(H,26,29)/b9-7+. The van der Waals surface area contributed by atoms with E-state index in [4.69, 9.17) is 9.47 Å². The van der Waals surface area contributed by atoms with Crippen molar-refractivity contribution in [3.63, 3.8) is 0 Å². The number of hydrogen-bond donors (Lipinski definition) is 1. The Bertz CT molecular complexity index is 906. The van der Waals surface area contributed by atoms with E-state index in [2.05, 4.69) is 10.3 Å². The van der Waals surface area contributed by atoms with Crippen LogP contribution in [0, 0.1) is 0 Å². The maximum atomic E-state index is 12.6. The third-order valence-corrected chi connectivity index (χ3v) is 5.13. The van der Waals surface area contributed by atoms with E-state index in [1.807, 2.05) is 25.1 Å². The minimum absolute atomic E-state index is 0.0395. The van der Waals surface area contributed by atoms with Gasteiger partial charge in [0.1, 0.15) is 0 Å². The zero-order chi connectivity index (χ0) is 22.1. The van der Waals surface area contributed by atoms with E-state index in [0.717, 1.165) is 24.8 Å². The maximum Gasteiger partial charge on any atom is 0.253 e. The van der Waals surface area contributed by atoms with Crippen molar-refractivity contribution in [3.8, 4) is 11.5 Å². The Morgan fingerprint density at radius 2 is 2.03 bits per heavy atom. The normalized spacial score (nSPS) is 14.5. The first kappa shape index (κ1) is 22.3. The van der Waals surface area contributed by atoms with Gasteiger partial charge in [0, 0.05) is 37.6 Å². The number of rotatable bonds is 8. The largest absolute Gasteiger partial charge is 0.493 e. The van der Waals surface area contributed by atoms with E-state index in [1.54, 1.807) is 48.7 Å². The van der Waals surface area contributed by atoms with Crippen molar-refractivity contribution < 1.29 is 19.1 Å². The summed E-state index contributed by atoms with van der Waals surface area (Å²) in [6, 6.07) is 9.15. The minimum Gasteiger partial charge on any atom is -0.493 e. The molecular formula is C24H29N3O4. The molecule has 7 nitrogen and oxygen atoms in total. The maximum absolute atomic E-state index is 12.6. The second-order valence-corrected chi connectivity index (χ2v) is 7.41. The number of hydrogen-bond acceptors (Lipinski definition) is 5.